The predicted octanol–water partition coefficient (Wildman–Crippen LogP) is 13.1. The molecule has 0 saturated carbocycles. The van der Waals surface area contributed by atoms with Gasteiger partial charge in [-0.05, 0) is 96.0 Å². The molecule has 6 heteroatoms. The molecule has 1 aliphatic carbocycles. The fourth-order valence-corrected chi connectivity index (χ4v) is 8.93. The van der Waals surface area contributed by atoms with Crippen molar-refractivity contribution in [3.05, 3.63) is 185 Å². The van der Waals surface area contributed by atoms with Crippen molar-refractivity contribution in [2.24, 2.45) is 0 Å². The van der Waals surface area contributed by atoms with Gasteiger partial charge in [-0.1, -0.05) is 118 Å². The molecule has 0 N–H and O–H groups in total. The fourth-order valence-electron chi connectivity index (χ4n) is 8.93. The third kappa shape index (κ3) is 7.26. The molecule has 8 aromatic rings. The van der Waals surface area contributed by atoms with Gasteiger partial charge in [0.25, 0.3) is 0 Å². The first-order chi connectivity index (χ1) is 27.9. The van der Waals surface area contributed by atoms with E-state index in [9.17, 15) is 0 Å². The van der Waals surface area contributed by atoms with Gasteiger partial charge in [0.1, 0.15) is 5.82 Å². The van der Waals surface area contributed by atoms with Gasteiger partial charge in [-0.25, -0.2) is 4.98 Å². The van der Waals surface area contributed by atoms with Crippen LogP contribution in [0.15, 0.2) is 134 Å². The van der Waals surface area contributed by atoms with Crippen LogP contribution in [-0.2, 0) is 33.9 Å². The Morgan fingerprint density at radius 1 is 0.793 bits per heavy atom. The first-order valence-corrected chi connectivity index (χ1v) is 20.5. The molecule has 292 valence electrons. The summed E-state index contributed by atoms with van der Waals surface area (Å²) >= 11 is 0. The van der Waals surface area contributed by atoms with Crippen molar-refractivity contribution in [1.29, 1.82) is 0 Å². The second kappa shape index (κ2) is 16.8. The molecule has 0 bridgehead atoms. The van der Waals surface area contributed by atoms with Crippen molar-refractivity contribution >= 4 is 27.4 Å². The van der Waals surface area contributed by atoms with Crippen molar-refractivity contribution in [1.82, 2.24) is 19.3 Å². The van der Waals surface area contributed by atoms with Gasteiger partial charge < -0.3 is 9.30 Å². The quantitative estimate of drug-likeness (QED) is 0.128. The number of hydrogen-bond acceptors (Lipinski definition) is 3. The second-order valence-electron chi connectivity index (χ2n) is 15.6. The predicted molar refractivity (Wildman–Crippen MR) is 233 cm³/mol. The summed E-state index contributed by atoms with van der Waals surface area (Å²) < 4.78 is 11.1. The Labute approximate surface area is 356 Å². The number of allylic oxidation sites excluding steroid dienone is 2. The maximum atomic E-state index is 6.76. The molecular weight excluding hydrogens is 892 g/mol. The molecule has 2 atom stereocenters. The zero-order chi connectivity index (χ0) is 39.0. The first-order valence-electron chi connectivity index (χ1n) is 20.5. The normalized spacial score (nSPS) is 15.4. The Hall–Kier alpha value is -5.51. The Morgan fingerprint density at radius 3 is 2.29 bits per heavy atom. The molecule has 5 aromatic carbocycles. The van der Waals surface area contributed by atoms with E-state index in [2.05, 4.69) is 171 Å². The number of hydrogen-bond donors (Lipinski definition) is 0. The molecule has 0 spiro atoms. The van der Waals surface area contributed by atoms with E-state index in [4.69, 9.17) is 14.8 Å². The molecule has 58 heavy (non-hydrogen) atoms. The van der Waals surface area contributed by atoms with E-state index >= 15 is 0 Å². The Balaban J connectivity index is 0.00000469. The van der Waals surface area contributed by atoms with Crippen LogP contribution in [0.2, 0.25) is 0 Å². The van der Waals surface area contributed by atoms with E-state index in [0.29, 0.717) is 17.4 Å². The average Bonchev–Trinajstić information content (AvgIpc) is 3.79. The number of nitrogens with zero attached hydrogens (tertiary/aromatic N) is 4. The maximum Gasteiger partial charge on any atom is 2.00 e. The number of para-hydroxylation sites is 1. The van der Waals surface area contributed by atoms with Crippen molar-refractivity contribution in [2.45, 2.75) is 78.1 Å². The molecule has 0 amide bonds. The zero-order valence-corrected chi connectivity index (χ0v) is 36.0. The Kier molecular flexibility index (Phi) is 11.4. The molecule has 0 fully saturated rings. The van der Waals surface area contributed by atoms with Gasteiger partial charge in [0.15, 0.2) is 0 Å². The number of fused-ring (bicyclic) bond motifs is 3. The molecule has 1 aliphatic rings. The van der Waals surface area contributed by atoms with Gasteiger partial charge in [-0.3, -0.25) is 4.68 Å². The molecule has 1 unspecified atom stereocenters. The van der Waals surface area contributed by atoms with Crippen LogP contribution in [-0.4, -0.2) is 19.3 Å². The zero-order valence-electron chi connectivity index (χ0n) is 33.8. The number of aromatic nitrogens is 4. The number of pyridine rings is 1. The molecule has 0 saturated heterocycles. The molecule has 0 aliphatic heterocycles. The molecule has 5 nitrogen and oxygen atoms in total. The SMILES string of the molecule is CCc1nn(-c2[c-]c(Oc3[c-]c4c(cc3)c3ccccc3n4-c3cc(C)ccn3)cc(C(C)C)c2)c(CC)c1C1C(c2ccccc2)=CCC[C@@H]1c1ccccc1.[Pt+2]. The molecular formula is C52H48N4OPt. The van der Waals surface area contributed by atoms with Crippen molar-refractivity contribution < 1.29 is 25.8 Å². The van der Waals surface area contributed by atoms with E-state index in [1.54, 1.807) is 0 Å². The molecule has 3 heterocycles. The summed E-state index contributed by atoms with van der Waals surface area (Å²) in [6, 6.07) is 50.5. The van der Waals surface area contributed by atoms with Gasteiger partial charge in [0.2, 0.25) is 0 Å². The van der Waals surface area contributed by atoms with Crippen LogP contribution in [0.1, 0.15) is 97.5 Å². The van der Waals surface area contributed by atoms with Crippen LogP contribution in [0.4, 0.5) is 0 Å². The van der Waals surface area contributed by atoms with Gasteiger partial charge >= 0.3 is 21.1 Å². The summed E-state index contributed by atoms with van der Waals surface area (Å²) in [6.07, 6.45) is 8.16. The summed E-state index contributed by atoms with van der Waals surface area (Å²) in [7, 11) is 0. The molecule has 3 aromatic heterocycles. The molecule has 0 radical (unpaired) electrons. The topological polar surface area (TPSA) is 44.9 Å². The van der Waals surface area contributed by atoms with Gasteiger partial charge in [-0.15, -0.1) is 41.3 Å². The van der Waals surface area contributed by atoms with Gasteiger partial charge in [-0.2, -0.15) is 11.2 Å². The fraction of sp³-hybridized carbons (Fsp3) is 0.231. The Morgan fingerprint density at radius 2 is 1.55 bits per heavy atom. The first kappa shape index (κ1) is 39.3. The largest absolute Gasteiger partial charge is 2.00 e. The van der Waals surface area contributed by atoms with E-state index in [1.165, 1.54) is 33.5 Å². The number of benzene rings is 5. The van der Waals surface area contributed by atoms with E-state index in [0.717, 1.165) is 70.3 Å². The molecule has 9 rings (SSSR count). The van der Waals surface area contributed by atoms with E-state index in [1.807, 2.05) is 18.3 Å². The second-order valence-corrected chi connectivity index (χ2v) is 15.6. The summed E-state index contributed by atoms with van der Waals surface area (Å²) in [5.74, 6) is 2.89. The Bertz CT molecular complexity index is 2740. The van der Waals surface area contributed by atoms with Crippen LogP contribution >= 0.6 is 0 Å². The maximum absolute atomic E-state index is 6.76. The van der Waals surface area contributed by atoms with Crippen LogP contribution in [0.3, 0.4) is 0 Å². The average molecular weight is 940 g/mol. The number of ether oxygens (including phenoxy) is 1. The van der Waals surface area contributed by atoms with Gasteiger partial charge in [0.05, 0.1) is 5.69 Å². The minimum Gasteiger partial charge on any atom is -0.509 e. The smallest absolute Gasteiger partial charge is 0.509 e. The van der Waals surface area contributed by atoms with Crippen molar-refractivity contribution in [3.63, 3.8) is 0 Å². The third-order valence-corrected chi connectivity index (χ3v) is 11.6. The van der Waals surface area contributed by atoms with Crippen LogP contribution < -0.4 is 4.74 Å². The number of aryl methyl sites for hydroxylation is 2. The minimum atomic E-state index is 0. The summed E-state index contributed by atoms with van der Waals surface area (Å²) in [5.41, 5.74) is 13.0. The summed E-state index contributed by atoms with van der Waals surface area (Å²) in [6.45, 7) is 11.0. The van der Waals surface area contributed by atoms with Crippen LogP contribution in [0.25, 0.3) is 38.9 Å². The van der Waals surface area contributed by atoms with E-state index in [-0.39, 0.29) is 32.9 Å². The van der Waals surface area contributed by atoms with Crippen LogP contribution in [0, 0.1) is 19.1 Å². The standard InChI is InChI=1S/C52H48N4O.Pt/c1-6-46-52(51-42(36-17-10-8-11-18-36)22-16-23-43(51)37-19-12-9-13-20-37)47(7-2)56(54-46)39-30-38(34(3)4)31-41(32-39)57-40-25-26-45-44-21-14-15-24-48(44)55(49(45)33-40)50-29-35(5)27-28-53-50;/h8-15,17-22,24-31,34,43,51H,6-7,16,23H2,1-5H3;/q-2;+2/t43-,51?;/m1./s1. The van der Waals surface area contributed by atoms with E-state index < -0.39 is 0 Å². The van der Waals surface area contributed by atoms with Crippen molar-refractivity contribution in [3.8, 4) is 23.0 Å². The number of rotatable bonds is 10. The third-order valence-electron chi connectivity index (χ3n) is 11.6. The van der Waals surface area contributed by atoms with Crippen molar-refractivity contribution in [2.75, 3.05) is 0 Å². The monoisotopic (exact) mass is 939 g/mol. The summed E-state index contributed by atoms with van der Waals surface area (Å²) in [5, 5.41) is 7.71. The summed E-state index contributed by atoms with van der Waals surface area (Å²) in [4.78, 5) is 4.76. The minimum absolute atomic E-state index is 0. The van der Waals surface area contributed by atoms with Gasteiger partial charge in [0, 0.05) is 40.4 Å². The van der Waals surface area contributed by atoms with Crippen LogP contribution in [0.5, 0.6) is 11.5 Å².